The molecule has 0 spiro atoms. The Bertz CT molecular complexity index is 658. The quantitative estimate of drug-likeness (QED) is 0.783. The number of hydrogen-bond donors (Lipinski definition) is 1. The number of halogens is 2. The molecule has 0 fully saturated rings. The molecule has 0 bridgehead atoms. The molecule has 2 aromatic rings. The third-order valence-corrected chi connectivity index (χ3v) is 4.39. The Morgan fingerprint density at radius 3 is 2.45 bits per heavy atom. The molecule has 0 radical (unpaired) electrons. The Kier molecular flexibility index (Phi) is 3.57. The zero-order valence-corrected chi connectivity index (χ0v) is 12.2. The first-order valence-electron chi connectivity index (χ1n) is 6.45. The minimum Gasteiger partial charge on any atom is -0.325 e. The van der Waals surface area contributed by atoms with E-state index in [2.05, 4.69) is 21.2 Å². The number of amides is 1. The summed E-state index contributed by atoms with van der Waals surface area (Å²) in [5.41, 5.74) is 2.33. The highest BCUT2D eigenvalue weighted by Crippen LogP contribution is 2.39. The van der Waals surface area contributed by atoms with Crippen LogP contribution in [0.4, 0.5) is 10.1 Å². The van der Waals surface area contributed by atoms with Gasteiger partial charge < -0.3 is 5.32 Å². The number of carbonyl (C=O) groups is 1. The highest BCUT2D eigenvalue weighted by Gasteiger charge is 2.30. The first kappa shape index (κ1) is 13.3. The van der Waals surface area contributed by atoms with E-state index < -0.39 is 0 Å². The Morgan fingerprint density at radius 2 is 1.70 bits per heavy atom. The second kappa shape index (κ2) is 5.37. The Morgan fingerprint density at radius 1 is 1.05 bits per heavy atom. The lowest BCUT2D eigenvalue weighted by atomic mass is 9.87. The Balaban J connectivity index is 2.14. The molecule has 0 saturated heterocycles. The molecule has 1 N–H and O–H groups in total. The lowest BCUT2D eigenvalue weighted by molar-refractivity contribution is -0.115. The highest BCUT2D eigenvalue weighted by molar-refractivity contribution is 9.10. The summed E-state index contributed by atoms with van der Waals surface area (Å²) in [5, 5.41) is 2.88. The summed E-state index contributed by atoms with van der Waals surface area (Å²) in [7, 11) is 0. The van der Waals surface area contributed by atoms with Crippen LogP contribution < -0.4 is 5.32 Å². The fourth-order valence-electron chi connectivity index (χ4n) is 2.62. The van der Waals surface area contributed by atoms with E-state index >= 15 is 0 Å². The van der Waals surface area contributed by atoms with E-state index in [1.807, 2.05) is 30.3 Å². The van der Waals surface area contributed by atoms with Crippen LogP contribution in [0.2, 0.25) is 0 Å². The normalized spacial score (nSPS) is 21.8. The summed E-state index contributed by atoms with van der Waals surface area (Å²) >= 11 is 3.39. The average molecular weight is 334 g/mol. The van der Waals surface area contributed by atoms with Crippen molar-refractivity contribution in [2.75, 3.05) is 5.32 Å². The lowest BCUT2D eigenvalue weighted by Crippen LogP contribution is -2.21. The van der Waals surface area contributed by atoms with E-state index in [-0.39, 0.29) is 22.5 Å². The lowest BCUT2D eigenvalue weighted by Gasteiger charge is -2.18. The number of rotatable bonds is 1. The monoisotopic (exact) mass is 333 g/mol. The summed E-state index contributed by atoms with van der Waals surface area (Å²) in [6, 6.07) is 14.3. The van der Waals surface area contributed by atoms with Gasteiger partial charge in [0, 0.05) is 11.6 Å². The van der Waals surface area contributed by atoms with Gasteiger partial charge in [-0.15, -0.1) is 0 Å². The van der Waals surface area contributed by atoms with Crippen molar-refractivity contribution >= 4 is 27.5 Å². The molecule has 0 aliphatic carbocycles. The first-order valence-corrected chi connectivity index (χ1v) is 7.36. The second-order valence-electron chi connectivity index (χ2n) is 4.85. The Hall–Kier alpha value is -1.68. The topological polar surface area (TPSA) is 29.1 Å². The molecule has 1 heterocycles. The zero-order chi connectivity index (χ0) is 14.1. The fraction of sp³-hybridized carbons (Fsp3) is 0.188. The maximum absolute atomic E-state index is 14.1. The molecule has 102 valence electrons. The van der Waals surface area contributed by atoms with Crippen LogP contribution in [0, 0.1) is 5.82 Å². The van der Waals surface area contributed by atoms with Crippen molar-refractivity contribution in [2.45, 2.75) is 17.2 Å². The van der Waals surface area contributed by atoms with Gasteiger partial charge in [0.05, 0.1) is 4.83 Å². The number of anilines is 1. The van der Waals surface area contributed by atoms with Crippen LogP contribution in [0.5, 0.6) is 0 Å². The van der Waals surface area contributed by atoms with Crippen molar-refractivity contribution in [3.8, 4) is 0 Å². The fourth-order valence-corrected chi connectivity index (χ4v) is 3.11. The number of fused-ring (bicyclic) bond motifs is 1. The molecular weight excluding hydrogens is 321 g/mol. The second-order valence-corrected chi connectivity index (χ2v) is 5.96. The standard InChI is InChI=1S/C16H13BrFNO/c17-13-9-12(10-5-1-3-7-14(10)18)11-6-2-4-8-15(11)19-16(13)20/h1-8,12-13H,9H2,(H,19,20). The van der Waals surface area contributed by atoms with Crippen molar-refractivity contribution < 1.29 is 9.18 Å². The molecular formula is C16H13BrFNO. The molecule has 20 heavy (non-hydrogen) atoms. The van der Waals surface area contributed by atoms with Gasteiger partial charge in [-0.1, -0.05) is 52.3 Å². The van der Waals surface area contributed by atoms with Gasteiger partial charge in [-0.05, 0) is 29.7 Å². The van der Waals surface area contributed by atoms with E-state index in [0.29, 0.717) is 12.0 Å². The number of benzene rings is 2. The van der Waals surface area contributed by atoms with Crippen LogP contribution in [-0.2, 0) is 4.79 Å². The summed E-state index contributed by atoms with van der Waals surface area (Å²) in [4.78, 5) is 11.7. The molecule has 4 heteroatoms. The van der Waals surface area contributed by atoms with Crippen molar-refractivity contribution in [2.24, 2.45) is 0 Å². The number of para-hydroxylation sites is 1. The van der Waals surface area contributed by atoms with Crippen molar-refractivity contribution in [1.29, 1.82) is 0 Å². The number of hydrogen-bond acceptors (Lipinski definition) is 1. The zero-order valence-electron chi connectivity index (χ0n) is 10.6. The summed E-state index contributed by atoms with van der Waals surface area (Å²) in [6.45, 7) is 0. The molecule has 2 aromatic carbocycles. The van der Waals surface area contributed by atoms with E-state index in [1.54, 1.807) is 12.1 Å². The number of nitrogens with one attached hydrogen (secondary N) is 1. The van der Waals surface area contributed by atoms with E-state index in [9.17, 15) is 9.18 Å². The van der Waals surface area contributed by atoms with Crippen LogP contribution in [-0.4, -0.2) is 10.7 Å². The first-order chi connectivity index (χ1) is 9.66. The van der Waals surface area contributed by atoms with Gasteiger partial charge in [-0.3, -0.25) is 4.79 Å². The molecule has 1 aliphatic heterocycles. The minimum absolute atomic E-state index is 0.0868. The largest absolute Gasteiger partial charge is 0.325 e. The molecule has 2 nitrogen and oxygen atoms in total. The van der Waals surface area contributed by atoms with Gasteiger partial charge in [-0.2, -0.15) is 0 Å². The molecule has 3 rings (SSSR count). The third kappa shape index (κ3) is 2.36. The summed E-state index contributed by atoms with van der Waals surface area (Å²) in [5.74, 6) is -0.464. The molecule has 0 saturated carbocycles. The third-order valence-electron chi connectivity index (χ3n) is 3.60. The van der Waals surface area contributed by atoms with Crippen molar-refractivity contribution in [1.82, 2.24) is 0 Å². The summed E-state index contributed by atoms with van der Waals surface area (Å²) in [6.07, 6.45) is 0.532. The SMILES string of the molecule is O=C1Nc2ccccc2C(c2ccccc2F)CC1Br. The Labute approximate surface area is 125 Å². The minimum atomic E-state index is -0.334. The smallest absolute Gasteiger partial charge is 0.238 e. The van der Waals surface area contributed by atoms with Gasteiger partial charge in [0.25, 0.3) is 0 Å². The molecule has 2 unspecified atom stereocenters. The molecule has 1 amide bonds. The van der Waals surface area contributed by atoms with Crippen LogP contribution in [0.25, 0.3) is 0 Å². The predicted molar refractivity (Wildman–Crippen MR) is 80.6 cm³/mol. The van der Waals surface area contributed by atoms with Crippen LogP contribution >= 0.6 is 15.9 Å². The molecule has 2 atom stereocenters. The molecule has 0 aromatic heterocycles. The predicted octanol–water partition coefficient (Wildman–Crippen LogP) is 4.06. The number of carbonyl (C=O) groups excluding carboxylic acids is 1. The van der Waals surface area contributed by atoms with E-state index in [1.165, 1.54) is 6.07 Å². The highest BCUT2D eigenvalue weighted by atomic mass is 79.9. The number of alkyl halides is 1. The maximum atomic E-state index is 14.1. The van der Waals surface area contributed by atoms with Crippen LogP contribution in [0.1, 0.15) is 23.5 Å². The van der Waals surface area contributed by atoms with Gasteiger partial charge in [0.2, 0.25) is 5.91 Å². The maximum Gasteiger partial charge on any atom is 0.238 e. The van der Waals surface area contributed by atoms with Crippen LogP contribution in [0.3, 0.4) is 0 Å². The van der Waals surface area contributed by atoms with E-state index in [4.69, 9.17) is 0 Å². The van der Waals surface area contributed by atoms with Gasteiger partial charge in [0.1, 0.15) is 5.82 Å². The van der Waals surface area contributed by atoms with Gasteiger partial charge in [0.15, 0.2) is 0 Å². The van der Waals surface area contributed by atoms with Crippen molar-refractivity contribution in [3.05, 3.63) is 65.5 Å². The van der Waals surface area contributed by atoms with Gasteiger partial charge in [-0.25, -0.2) is 4.39 Å². The summed E-state index contributed by atoms with van der Waals surface area (Å²) < 4.78 is 14.1. The van der Waals surface area contributed by atoms with Gasteiger partial charge >= 0.3 is 0 Å². The average Bonchev–Trinajstić information content (AvgIpc) is 2.57. The van der Waals surface area contributed by atoms with E-state index in [0.717, 1.165) is 11.3 Å². The molecule has 1 aliphatic rings. The van der Waals surface area contributed by atoms with Crippen molar-refractivity contribution in [3.63, 3.8) is 0 Å². The van der Waals surface area contributed by atoms with Crippen LogP contribution in [0.15, 0.2) is 48.5 Å².